The lowest BCUT2D eigenvalue weighted by atomic mass is 10.1. The zero-order chi connectivity index (χ0) is 23.7. The third-order valence-electron chi connectivity index (χ3n) is 5.99. The van der Waals surface area contributed by atoms with E-state index in [2.05, 4.69) is 20.7 Å². The highest BCUT2D eigenvalue weighted by Gasteiger charge is 2.44. The second-order valence-electron chi connectivity index (χ2n) is 8.14. The molecule has 180 valence electrons. The molecule has 0 radical (unpaired) electrons. The summed E-state index contributed by atoms with van der Waals surface area (Å²) in [5.74, 6) is -0.906. The Kier molecular flexibility index (Phi) is 6.99. The SMILES string of the molecule is [NH3+][C@@H](CCSC[C@H]1O[C@@H](n2cnc3c(N4CCC[C@H]4C(=O)O)ncnc32)[C@H](O)[C@@H]1O)C(=O)[O-]. The van der Waals surface area contributed by atoms with Crippen LogP contribution in [0.25, 0.3) is 11.2 Å². The van der Waals surface area contributed by atoms with Crippen molar-refractivity contribution in [2.75, 3.05) is 23.0 Å². The normalized spacial score (nSPS) is 28.5. The van der Waals surface area contributed by atoms with E-state index in [9.17, 15) is 30.0 Å². The summed E-state index contributed by atoms with van der Waals surface area (Å²) in [6.45, 7) is 0.530. The van der Waals surface area contributed by atoms with Gasteiger partial charge in [0, 0.05) is 18.7 Å². The van der Waals surface area contributed by atoms with Gasteiger partial charge in [-0.2, -0.15) is 11.8 Å². The first kappa shape index (κ1) is 23.6. The summed E-state index contributed by atoms with van der Waals surface area (Å²) in [5, 5.41) is 41.3. The zero-order valence-corrected chi connectivity index (χ0v) is 18.5. The number of fused-ring (bicyclic) bond motifs is 1. The third-order valence-corrected chi connectivity index (χ3v) is 7.08. The highest BCUT2D eigenvalue weighted by atomic mass is 32.2. The lowest BCUT2D eigenvalue weighted by molar-refractivity contribution is -0.437. The smallest absolute Gasteiger partial charge is 0.326 e. The van der Waals surface area contributed by atoms with Crippen molar-refractivity contribution in [2.45, 2.75) is 55.9 Å². The summed E-state index contributed by atoms with van der Waals surface area (Å²) in [5.41, 5.74) is 4.25. The van der Waals surface area contributed by atoms with Gasteiger partial charge in [0.15, 0.2) is 23.2 Å². The van der Waals surface area contributed by atoms with Gasteiger partial charge in [-0.25, -0.2) is 19.7 Å². The van der Waals surface area contributed by atoms with Crippen molar-refractivity contribution in [1.29, 1.82) is 0 Å². The fourth-order valence-corrected chi connectivity index (χ4v) is 5.28. The molecule has 4 rings (SSSR count). The maximum atomic E-state index is 11.6. The number of carbonyl (C=O) groups excluding carboxylic acids is 1. The van der Waals surface area contributed by atoms with Gasteiger partial charge < -0.3 is 40.6 Å². The van der Waals surface area contributed by atoms with E-state index >= 15 is 0 Å². The van der Waals surface area contributed by atoms with Crippen molar-refractivity contribution < 1.29 is 40.5 Å². The number of carboxylic acid groups (broad SMARTS) is 2. The molecule has 2 saturated heterocycles. The minimum atomic E-state index is -1.24. The van der Waals surface area contributed by atoms with Gasteiger partial charge in [-0.1, -0.05) is 0 Å². The number of carboxylic acids is 2. The number of imidazole rings is 1. The molecule has 4 heterocycles. The average Bonchev–Trinajstić information content (AvgIpc) is 3.50. The molecule has 0 aromatic carbocycles. The van der Waals surface area contributed by atoms with E-state index in [0.717, 1.165) is 6.42 Å². The van der Waals surface area contributed by atoms with Gasteiger partial charge in [0.2, 0.25) is 0 Å². The number of aromatic nitrogens is 4. The van der Waals surface area contributed by atoms with Crippen LogP contribution in [0.4, 0.5) is 5.82 Å². The van der Waals surface area contributed by atoms with Gasteiger partial charge in [0.05, 0.1) is 18.4 Å². The van der Waals surface area contributed by atoms with E-state index in [1.165, 1.54) is 29.0 Å². The summed E-state index contributed by atoms with van der Waals surface area (Å²) in [4.78, 5) is 36.9. The summed E-state index contributed by atoms with van der Waals surface area (Å²) in [6, 6.07) is -1.51. The Bertz CT molecular complexity index is 1020. The number of anilines is 1. The van der Waals surface area contributed by atoms with Gasteiger partial charge in [-0.3, -0.25) is 4.57 Å². The maximum Gasteiger partial charge on any atom is 0.326 e. The number of rotatable bonds is 9. The molecule has 0 bridgehead atoms. The van der Waals surface area contributed by atoms with Crippen molar-refractivity contribution in [2.24, 2.45) is 0 Å². The molecule has 6 atom stereocenters. The van der Waals surface area contributed by atoms with Crippen LogP contribution >= 0.6 is 11.8 Å². The number of aliphatic hydroxyl groups excluding tert-OH is 2. The van der Waals surface area contributed by atoms with Crippen LogP contribution in [0.3, 0.4) is 0 Å². The minimum Gasteiger partial charge on any atom is -0.544 e. The molecule has 2 aliphatic rings. The van der Waals surface area contributed by atoms with Crippen LogP contribution in [0.15, 0.2) is 12.7 Å². The van der Waals surface area contributed by atoms with Gasteiger partial charge in [0.1, 0.15) is 30.6 Å². The number of nitrogens with zero attached hydrogens (tertiary/aromatic N) is 5. The fourth-order valence-electron chi connectivity index (χ4n) is 4.15. The molecule has 2 fully saturated rings. The topological polar surface area (TPSA) is 202 Å². The standard InChI is InChI=1S/C19H26N6O7S/c20-9(18(28)29)3-5-33-6-11-13(26)14(27)17(32-11)25-8-23-12-15(21-7-22-16(12)25)24-4-1-2-10(24)19(30)31/h7-11,13-14,17,26-27H,1-6,20H2,(H,28,29)(H,30,31)/t9-,10-,11+,13+,14+,17+/m0/s1. The van der Waals surface area contributed by atoms with Crippen molar-refractivity contribution in [3.05, 3.63) is 12.7 Å². The van der Waals surface area contributed by atoms with Crippen LogP contribution in [0.1, 0.15) is 25.5 Å². The molecule has 2 aliphatic heterocycles. The monoisotopic (exact) mass is 482 g/mol. The molecule has 0 spiro atoms. The number of quaternary nitrogens is 1. The minimum absolute atomic E-state index is 0.321. The molecular weight excluding hydrogens is 456 g/mol. The van der Waals surface area contributed by atoms with Crippen LogP contribution in [-0.4, -0.2) is 95.2 Å². The molecule has 2 aromatic heterocycles. The van der Waals surface area contributed by atoms with Crippen LogP contribution < -0.4 is 15.7 Å². The fraction of sp³-hybridized carbons (Fsp3) is 0.632. The number of aliphatic carboxylic acids is 2. The Balaban J connectivity index is 1.49. The lowest BCUT2D eigenvalue weighted by Gasteiger charge is -2.22. The van der Waals surface area contributed by atoms with Crippen LogP contribution in [0, 0.1) is 0 Å². The van der Waals surface area contributed by atoms with E-state index < -0.39 is 48.6 Å². The highest BCUT2D eigenvalue weighted by molar-refractivity contribution is 7.99. The number of ether oxygens (including phenoxy) is 1. The first-order valence-electron chi connectivity index (χ1n) is 10.6. The average molecular weight is 483 g/mol. The van der Waals surface area contributed by atoms with Crippen molar-refractivity contribution >= 4 is 40.7 Å². The third kappa shape index (κ3) is 4.61. The number of aliphatic hydroxyl groups is 2. The molecule has 33 heavy (non-hydrogen) atoms. The summed E-state index contributed by atoms with van der Waals surface area (Å²) in [7, 11) is 0. The first-order valence-corrected chi connectivity index (χ1v) is 11.7. The largest absolute Gasteiger partial charge is 0.544 e. The van der Waals surface area contributed by atoms with Crippen LogP contribution in [0.5, 0.6) is 0 Å². The van der Waals surface area contributed by atoms with E-state index in [1.54, 1.807) is 4.90 Å². The van der Waals surface area contributed by atoms with Gasteiger partial charge in [0.25, 0.3) is 0 Å². The second kappa shape index (κ2) is 9.77. The molecule has 0 saturated carbocycles. The van der Waals surface area contributed by atoms with E-state index in [1.807, 2.05) is 0 Å². The molecule has 0 aliphatic carbocycles. The van der Waals surface area contributed by atoms with Crippen molar-refractivity contribution in [1.82, 2.24) is 19.5 Å². The predicted octanol–water partition coefficient (Wildman–Crippen LogP) is -3.02. The Hall–Kier alpha value is -2.52. The molecule has 13 nitrogen and oxygen atoms in total. The van der Waals surface area contributed by atoms with Gasteiger partial charge in [-0.05, 0) is 18.6 Å². The predicted molar refractivity (Wildman–Crippen MR) is 113 cm³/mol. The zero-order valence-electron chi connectivity index (χ0n) is 17.7. The summed E-state index contributed by atoms with van der Waals surface area (Å²) in [6.07, 6.45) is 0.254. The maximum absolute atomic E-state index is 11.6. The molecule has 2 aromatic rings. The van der Waals surface area contributed by atoms with Crippen LogP contribution in [-0.2, 0) is 14.3 Å². The van der Waals surface area contributed by atoms with Crippen molar-refractivity contribution in [3.63, 3.8) is 0 Å². The summed E-state index contributed by atoms with van der Waals surface area (Å²) < 4.78 is 7.41. The van der Waals surface area contributed by atoms with Crippen molar-refractivity contribution in [3.8, 4) is 0 Å². The Morgan fingerprint density at radius 1 is 1.30 bits per heavy atom. The molecule has 0 amide bonds. The van der Waals surface area contributed by atoms with Crippen LogP contribution in [0.2, 0.25) is 0 Å². The highest BCUT2D eigenvalue weighted by Crippen LogP contribution is 2.35. The Morgan fingerprint density at radius 2 is 2.09 bits per heavy atom. The van der Waals surface area contributed by atoms with E-state index in [4.69, 9.17) is 4.74 Å². The molecule has 14 heteroatoms. The number of thioether (sulfide) groups is 1. The Morgan fingerprint density at radius 3 is 2.82 bits per heavy atom. The molecular formula is C19H26N6O7S. The number of carbonyl (C=O) groups is 2. The first-order chi connectivity index (χ1) is 15.8. The van der Waals surface area contributed by atoms with Gasteiger partial charge in [-0.15, -0.1) is 0 Å². The Labute approximate surface area is 192 Å². The molecule has 0 unspecified atom stereocenters. The quantitative estimate of drug-likeness (QED) is 0.264. The van der Waals surface area contributed by atoms with Gasteiger partial charge >= 0.3 is 5.97 Å². The van der Waals surface area contributed by atoms with E-state index in [0.29, 0.717) is 47.9 Å². The second-order valence-corrected chi connectivity index (χ2v) is 9.29. The molecule has 6 N–H and O–H groups in total. The van der Waals surface area contributed by atoms with E-state index in [-0.39, 0.29) is 0 Å². The lowest BCUT2D eigenvalue weighted by Crippen LogP contribution is -2.68. The number of hydrogen-bond acceptors (Lipinski definition) is 11. The number of hydrogen-bond donors (Lipinski definition) is 4. The summed E-state index contributed by atoms with van der Waals surface area (Å²) >= 11 is 1.39.